The number of fused-ring (bicyclic) bond motifs is 1. The number of carbonyl (C=O) groups excluding carboxylic acids is 1. The molecule has 2 amide bonds. The number of rotatable bonds is 5. The first-order valence-electron chi connectivity index (χ1n) is 8.42. The molecule has 2 atom stereocenters. The van der Waals surface area contributed by atoms with E-state index in [1.165, 1.54) is 5.56 Å². The highest BCUT2D eigenvalue weighted by molar-refractivity contribution is 5.89. The van der Waals surface area contributed by atoms with Crippen LogP contribution in [0, 0.1) is 5.41 Å². The monoisotopic (exact) mass is 318 g/mol. The van der Waals surface area contributed by atoms with E-state index in [1.807, 2.05) is 18.2 Å². The maximum atomic E-state index is 12.3. The van der Waals surface area contributed by atoms with E-state index in [0.29, 0.717) is 13.2 Å². The Hall–Kier alpha value is -1.59. The van der Waals surface area contributed by atoms with Crippen LogP contribution in [0.3, 0.4) is 0 Å². The number of hydrogen-bond acceptors (Lipinski definition) is 3. The predicted octanol–water partition coefficient (Wildman–Crippen LogP) is 3.43. The Bertz CT molecular complexity index is 584. The van der Waals surface area contributed by atoms with Gasteiger partial charge in [-0.1, -0.05) is 19.9 Å². The van der Waals surface area contributed by atoms with Crippen molar-refractivity contribution in [1.82, 2.24) is 5.32 Å². The maximum absolute atomic E-state index is 12.3. The number of nitrogens with one attached hydrogen (secondary N) is 2. The first kappa shape index (κ1) is 16.3. The van der Waals surface area contributed by atoms with E-state index >= 15 is 0 Å². The Kier molecular flexibility index (Phi) is 4.60. The number of benzene rings is 1. The lowest BCUT2D eigenvalue weighted by molar-refractivity contribution is -0.119. The Labute approximate surface area is 137 Å². The van der Waals surface area contributed by atoms with Gasteiger partial charge in [0.15, 0.2) is 0 Å². The van der Waals surface area contributed by atoms with E-state index in [9.17, 15) is 4.79 Å². The minimum atomic E-state index is -0.144. The van der Waals surface area contributed by atoms with Crippen LogP contribution in [0.25, 0.3) is 0 Å². The zero-order valence-corrected chi connectivity index (χ0v) is 14.1. The molecule has 1 aliphatic heterocycles. The molecule has 126 valence electrons. The molecule has 1 heterocycles. The van der Waals surface area contributed by atoms with Crippen molar-refractivity contribution in [3.8, 4) is 0 Å². The Balaban J connectivity index is 1.61. The summed E-state index contributed by atoms with van der Waals surface area (Å²) in [6.07, 6.45) is 3.12. The topological polar surface area (TPSA) is 59.6 Å². The van der Waals surface area contributed by atoms with Crippen LogP contribution in [0.4, 0.5) is 10.5 Å². The summed E-state index contributed by atoms with van der Waals surface area (Å²) in [5.74, 6) is 0. The Morgan fingerprint density at radius 2 is 2.04 bits per heavy atom. The number of methoxy groups -OCH3 is 1. The summed E-state index contributed by atoms with van der Waals surface area (Å²) >= 11 is 0. The zero-order valence-electron chi connectivity index (χ0n) is 14.1. The van der Waals surface area contributed by atoms with E-state index in [2.05, 4.69) is 24.5 Å². The van der Waals surface area contributed by atoms with E-state index < -0.39 is 0 Å². The summed E-state index contributed by atoms with van der Waals surface area (Å²) in [6.45, 7) is 5.63. The van der Waals surface area contributed by atoms with Crippen molar-refractivity contribution in [2.24, 2.45) is 5.41 Å². The number of carbonyl (C=O) groups is 1. The van der Waals surface area contributed by atoms with Gasteiger partial charge in [0.2, 0.25) is 0 Å². The van der Waals surface area contributed by atoms with Crippen molar-refractivity contribution in [3.63, 3.8) is 0 Å². The Morgan fingerprint density at radius 1 is 1.30 bits per heavy atom. The van der Waals surface area contributed by atoms with Crippen molar-refractivity contribution < 1.29 is 14.3 Å². The second-order valence-corrected chi connectivity index (χ2v) is 6.53. The molecule has 1 aliphatic carbocycles. The van der Waals surface area contributed by atoms with Crippen LogP contribution in [-0.2, 0) is 22.7 Å². The highest BCUT2D eigenvalue weighted by atomic mass is 16.5. The van der Waals surface area contributed by atoms with E-state index in [4.69, 9.17) is 9.47 Å². The van der Waals surface area contributed by atoms with E-state index in [0.717, 1.165) is 30.5 Å². The smallest absolute Gasteiger partial charge is 0.319 e. The molecule has 0 radical (unpaired) electrons. The molecule has 1 saturated carbocycles. The average molecular weight is 318 g/mol. The maximum Gasteiger partial charge on any atom is 0.319 e. The van der Waals surface area contributed by atoms with Gasteiger partial charge in [-0.25, -0.2) is 4.79 Å². The molecule has 5 heteroatoms. The van der Waals surface area contributed by atoms with Gasteiger partial charge in [0.05, 0.1) is 19.3 Å². The van der Waals surface area contributed by atoms with Gasteiger partial charge in [-0.05, 0) is 42.5 Å². The first-order valence-corrected chi connectivity index (χ1v) is 8.42. The minimum absolute atomic E-state index is 0.0534. The third kappa shape index (κ3) is 2.83. The lowest BCUT2D eigenvalue weighted by atomic mass is 9.58. The predicted molar refractivity (Wildman–Crippen MR) is 89.3 cm³/mol. The van der Waals surface area contributed by atoms with Crippen LogP contribution in [0.1, 0.15) is 44.2 Å². The SMILES string of the molecule is CCC1(CC)[C@@H](NC(=O)Nc2ccc3c(c2)COC3)C[C@@H]1OC. The van der Waals surface area contributed by atoms with Gasteiger partial charge in [0.1, 0.15) is 0 Å². The van der Waals surface area contributed by atoms with Crippen molar-refractivity contribution in [1.29, 1.82) is 0 Å². The normalized spacial score (nSPS) is 24.7. The summed E-state index contributed by atoms with van der Waals surface area (Å²) < 4.78 is 11.0. The average Bonchev–Trinajstić information content (AvgIpc) is 3.00. The molecule has 0 bridgehead atoms. The molecule has 1 fully saturated rings. The van der Waals surface area contributed by atoms with Gasteiger partial charge in [0, 0.05) is 24.3 Å². The van der Waals surface area contributed by atoms with Crippen LogP contribution in [0.5, 0.6) is 0 Å². The molecule has 0 aromatic heterocycles. The standard InChI is InChI=1S/C18H26N2O3/c1-4-18(5-2)15(9-16(18)22-3)20-17(21)19-14-7-6-12-10-23-11-13(12)8-14/h6-8,15-16H,4-5,9-11H2,1-3H3,(H2,19,20,21)/t15-,16-/m0/s1. The number of anilines is 1. The van der Waals surface area contributed by atoms with Gasteiger partial charge in [-0.3, -0.25) is 0 Å². The second kappa shape index (κ2) is 6.49. The van der Waals surface area contributed by atoms with E-state index in [1.54, 1.807) is 7.11 Å². The molecule has 3 rings (SSSR count). The van der Waals surface area contributed by atoms with Crippen LogP contribution in [-0.4, -0.2) is 25.3 Å². The fraction of sp³-hybridized carbons (Fsp3) is 0.611. The summed E-state index contributed by atoms with van der Waals surface area (Å²) in [7, 11) is 1.76. The number of ether oxygens (including phenoxy) is 2. The summed E-state index contributed by atoms with van der Waals surface area (Å²) in [4.78, 5) is 12.3. The number of amides is 2. The molecule has 5 nitrogen and oxygen atoms in total. The second-order valence-electron chi connectivity index (χ2n) is 6.53. The molecule has 1 aromatic carbocycles. The van der Waals surface area contributed by atoms with Gasteiger partial charge in [-0.15, -0.1) is 0 Å². The highest BCUT2D eigenvalue weighted by Gasteiger charge is 2.53. The first-order chi connectivity index (χ1) is 11.1. The van der Waals surface area contributed by atoms with Crippen LogP contribution in [0.15, 0.2) is 18.2 Å². The number of hydrogen-bond donors (Lipinski definition) is 2. The van der Waals surface area contributed by atoms with Crippen molar-refractivity contribution in [3.05, 3.63) is 29.3 Å². The molecule has 0 spiro atoms. The molecular formula is C18H26N2O3. The summed E-state index contributed by atoms with van der Waals surface area (Å²) in [5, 5.41) is 6.07. The summed E-state index contributed by atoms with van der Waals surface area (Å²) in [5.41, 5.74) is 3.22. The van der Waals surface area contributed by atoms with E-state index in [-0.39, 0.29) is 23.6 Å². The quantitative estimate of drug-likeness (QED) is 0.874. The lowest BCUT2D eigenvalue weighted by Crippen LogP contribution is -2.64. The zero-order chi connectivity index (χ0) is 16.4. The summed E-state index contributed by atoms with van der Waals surface area (Å²) in [6, 6.07) is 5.96. The van der Waals surface area contributed by atoms with Crippen molar-refractivity contribution in [2.45, 2.75) is 58.5 Å². The third-order valence-corrected chi connectivity index (χ3v) is 5.67. The minimum Gasteiger partial charge on any atom is -0.381 e. The van der Waals surface area contributed by atoms with Crippen molar-refractivity contribution >= 4 is 11.7 Å². The third-order valence-electron chi connectivity index (χ3n) is 5.67. The van der Waals surface area contributed by atoms with Gasteiger partial charge < -0.3 is 20.1 Å². The largest absolute Gasteiger partial charge is 0.381 e. The molecule has 23 heavy (non-hydrogen) atoms. The van der Waals surface area contributed by atoms with Gasteiger partial charge in [0.25, 0.3) is 0 Å². The van der Waals surface area contributed by atoms with Crippen LogP contribution in [0.2, 0.25) is 0 Å². The fourth-order valence-electron chi connectivity index (χ4n) is 4.05. The molecule has 2 aliphatic rings. The lowest BCUT2D eigenvalue weighted by Gasteiger charge is -2.54. The van der Waals surface area contributed by atoms with Crippen LogP contribution >= 0.6 is 0 Å². The fourth-order valence-corrected chi connectivity index (χ4v) is 4.05. The molecule has 0 saturated heterocycles. The number of urea groups is 1. The van der Waals surface area contributed by atoms with Gasteiger partial charge in [-0.2, -0.15) is 0 Å². The van der Waals surface area contributed by atoms with Crippen LogP contribution < -0.4 is 10.6 Å². The van der Waals surface area contributed by atoms with Gasteiger partial charge >= 0.3 is 6.03 Å². The molecule has 0 unspecified atom stereocenters. The Morgan fingerprint density at radius 3 is 2.74 bits per heavy atom. The molecular weight excluding hydrogens is 292 g/mol. The molecule has 1 aromatic rings. The van der Waals surface area contributed by atoms with Crippen molar-refractivity contribution in [2.75, 3.05) is 12.4 Å². The molecule has 2 N–H and O–H groups in total. The highest BCUT2D eigenvalue weighted by Crippen LogP contribution is 2.48.